The highest BCUT2D eigenvalue weighted by atomic mass is 19.1. The number of ether oxygens (including phenoxy) is 4. The first-order valence-corrected chi connectivity index (χ1v) is 16.7. The number of hydrogen-bond acceptors (Lipinski definition) is 7. The Bertz CT molecular complexity index is 2620. The lowest BCUT2D eigenvalue weighted by molar-refractivity contribution is 0.0549. The van der Waals surface area contributed by atoms with Crippen LogP contribution >= 0.6 is 0 Å². The lowest BCUT2D eigenvalue weighted by atomic mass is 9.96. The van der Waals surface area contributed by atoms with Crippen molar-refractivity contribution >= 4 is 61.5 Å². The SMILES string of the molecule is COc1ccc(CN2C(=O)c3c(c4c5cc(F)c(OCc6ccccc6)cc5n(C(=O)OC(C)(C)C)c4c4[nH]c5ccccc5c34)C2=O)c(OC)c1. The molecule has 3 heterocycles. The first-order valence-electron chi connectivity index (χ1n) is 16.7. The number of methoxy groups -OCH3 is 2. The summed E-state index contributed by atoms with van der Waals surface area (Å²) < 4.78 is 40.2. The molecule has 7 aromatic rings. The van der Waals surface area contributed by atoms with Gasteiger partial charge in [0, 0.05) is 44.8 Å². The molecule has 0 bridgehead atoms. The maximum Gasteiger partial charge on any atom is 0.419 e. The van der Waals surface area contributed by atoms with Crippen molar-refractivity contribution in [3.8, 4) is 17.2 Å². The van der Waals surface area contributed by atoms with E-state index in [0.29, 0.717) is 38.9 Å². The fourth-order valence-electron chi connectivity index (χ4n) is 7.04. The van der Waals surface area contributed by atoms with Crippen LogP contribution in [0.4, 0.5) is 9.18 Å². The van der Waals surface area contributed by atoms with Crippen LogP contribution in [0.25, 0.3) is 43.6 Å². The van der Waals surface area contributed by atoms with Crippen LogP contribution < -0.4 is 14.2 Å². The van der Waals surface area contributed by atoms with E-state index in [0.717, 1.165) is 10.5 Å². The first kappa shape index (κ1) is 32.8. The van der Waals surface area contributed by atoms with Crippen LogP contribution in [-0.4, -0.2) is 52.2 Å². The number of aromatic nitrogens is 2. The summed E-state index contributed by atoms with van der Waals surface area (Å²) in [6.07, 6.45) is -0.746. The molecule has 10 nitrogen and oxygen atoms in total. The number of amides is 2. The number of benzene rings is 5. The molecule has 2 amide bonds. The lowest BCUT2D eigenvalue weighted by Crippen LogP contribution is -2.29. The maximum atomic E-state index is 16.1. The number of aromatic amines is 1. The second-order valence-electron chi connectivity index (χ2n) is 13.7. The van der Waals surface area contributed by atoms with Gasteiger partial charge < -0.3 is 23.9 Å². The number of nitrogens with one attached hydrogen (secondary N) is 1. The summed E-state index contributed by atoms with van der Waals surface area (Å²) in [4.78, 5) is 48.1. The van der Waals surface area contributed by atoms with Gasteiger partial charge in [0.05, 0.1) is 48.4 Å². The van der Waals surface area contributed by atoms with Gasteiger partial charge in [-0.05, 0) is 50.6 Å². The highest BCUT2D eigenvalue weighted by Gasteiger charge is 2.42. The topological polar surface area (TPSA) is 112 Å². The van der Waals surface area contributed by atoms with Gasteiger partial charge in [0.15, 0.2) is 11.6 Å². The molecule has 262 valence electrons. The quantitative estimate of drug-likeness (QED) is 0.166. The van der Waals surface area contributed by atoms with Crippen molar-refractivity contribution in [2.75, 3.05) is 14.2 Å². The average Bonchev–Trinajstić information content (AvgIpc) is 3.74. The Labute approximate surface area is 297 Å². The fraction of sp³-hybridized carbons (Fsp3) is 0.195. The van der Waals surface area contributed by atoms with Crippen LogP contribution in [0.15, 0.2) is 84.9 Å². The molecule has 0 radical (unpaired) electrons. The minimum atomic E-state index is -0.900. The van der Waals surface area contributed by atoms with E-state index in [4.69, 9.17) is 18.9 Å². The number of para-hydroxylation sites is 1. The maximum absolute atomic E-state index is 16.1. The third-order valence-electron chi connectivity index (χ3n) is 9.27. The Kier molecular flexibility index (Phi) is 7.67. The minimum absolute atomic E-state index is 0.0643. The molecule has 0 spiro atoms. The number of fused-ring (bicyclic) bond motifs is 10. The van der Waals surface area contributed by atoms with Crippen LogP contribution in [0, 0.1) is 5.82 Å². The molecule has 52 heavy (non-hydrogen) atoms. The van der Waals surface area contributed by atoms with E-state index in [1.807, 2.05) is 54.6 Å². The zero-order valence-corrected chi connectivity index (χ0v) is 29.1. The average molecular weight is 700 g/mol. The van der Waals surface area contributed by atoms with E-state index in [2.05, 4.69) is 4.98 Å². The van der Waals surface area contributed by atoms with Crippen molar-refractivity contribution in [2.24, 2.45) is 0 Å². The summed E-state index contributed by atoms with van der Waals surface area (Å²) in [5.41, 5.74) is 2.35. The summed E-state index contributed by atoms with van der Waals surface area (Å²) in [5.74, 6) is -0.934. The second kappa shape index (κ2) is 12.2. The minimum Gasteiger partial charge on any atom is -0.497 e. The summed E-state index contributed by atoms with van der Waals surface area (Å²) in [6, 6.07) is 24.5. The van der Waals surface area contributed by atoms with Crippen molar-refractivity contribution < 1.29 is 37.7 Å². The molecule has 1 N–H and O–H groups in total. The highest BCUT2D eigenvalue weighted by Crippen LogP contribution is 2.46. The zero-order chi connectivity index (χ0) is 36.5. The van der Waals surface area contributed by atoms with Crippen molar-refractivity contribution in [3.05, 3.63) is 113 Å². The Hall–Kier alpha value is -6.36. The van der Waals surface area contributed by atoms with E-state index < -0.39 is 29.3 Å². The van der Waals surface area contributed by atoms with Gasteiger partial charge in [-0.2, -0.15) is 0 Å². The number of nitrogens with zero attached hydrogens (tertiary/aromatic N) is 2. The summed E-state index contributed by atoms with van der Waals surface area (Å²) >= 11 is 0. The Balaban J connectivity index is 1.42. The third kappa shape index (κ3) is 5.19. The van der Waals surface area contributed by atoms with Crippen LogP contribution in [0.5, 0.6) is 17.2 Å². The van der Waals surface area contributed by atoms with E-state index in [9.17, 15) is 14.4 Å². The molecule has 0 saturated heterocycles. The third-order valence-corrected chi connectivity index (χ3v) is 9.27. The van der Waals surface area contributed by atoms with Crippen LogP contribution in [0.2, 0.25) is 0 Å². The normalized spacial score (nSPS) is 13.1. The molecular formula is C41H34FN3O7. The predicted octanol–water partition coefficient (Wildman–Crippen LogP) is 8.74. The smallest absolute Gasteiger partial charge is 0.419 e. The molecule has 0 aliphatic carbocycles. The number of halogens is 1. The van der Waals surface area contributed by atoms with Gasteiger partial charge in [-0.15, -0.1) is 0 Å². The molecule has 0 fully saturated rings. The predicted molar refractivity (Wildman–Crippen MR) is 195 cm³/mol. The number of carbonyl (C=O) groups excluding carboxylic acids is 3. The van der Waals surface area contributed by atoms with E-state index in [1.165, 1.54) is 30.9 Å². The molecule has 1 aliphatic rings. The Morgan fingerprint density at radius 2 is 1.52 bits per heavy atom. The van der Waals surface area contributed by atoms with Gasteiger partial charge >= 0.3 is 6.09 Å². The molecule has 11 heteroatoms. The molecule has 0 unspecified atom stereocenters. The molecule has 0 atom stereocenters. The number of H-pyrrole nitrogens is 1. The van der Waals surface area contributed by atoms with Gasteiger partial charge in [0.25, 0.3) is 11.8 Å². The van der Waals surface area contributed by atoms with Gasteiger partial charge in [-0.3, -0.25) is 14.5 Å². The summed E-state index contributed by atoms with van der Waals surface area (Å²) in [7, 11) is 3.03. The van der Waals surface area contributed by atoms with Crippen molar-refractivity contribution in [3.63, 3.8) is 0 Å². The summed E-state index contributed by atoms with van der Waals surface area (Å²) in [6.45, 7) is 5.21. The number of rotatable bonds is 7. The van der Waals surface area contributed by atoms with Gasteiger partial charge in [0.1, 0.15) is 23.7 Å². The van der Waals surface area contributed by atoms with Gasteiger partial charge in [-0.25, -0.2) is 13.8 Å². The molecule has 1 aliphatic heterocycles. The molecule has 8 rings (SSSR count). The Morgan fingerprint density at radius 3 is 2.23 bits per heavy atom. The van der Waals surface area contributed by atoms with Crippen LogP contribution in [-0.2, 0) is 17.9 Å². The largest absolute Gasteiger partial charge is 0.497 e. The Morgan fingerprint density at radius 1 is 0.808 bits per heavy atom. The lowest BCUT2D eigenvalue weighted by Gasteiger charge is -2.20. The van der Waals surface area contributed by atoms with Gasteiger partial charge in [0.2, 0.25) is 0 Å². The van der Waals surface area contributed by atoms with Gasteiger partial charge in [-0.1, -0.05) is 48.5 Å². The van der Waals surface area contributed by atoms with Crippen molar-refractivity contribution in [2.45, 2.75) is 39.5 Å². The fourth-order valence-corrected chi connectivity index (χ4v) is 7.04. The molecular weight excluding hydrogens is 665 g/mol. The number of carbonyl (C=O) groups is 3. The van der Waals surface area contributed by atoms with E-state index in [-0.39, 0.29) is 51.8 Å². The molecule has 0 saturated carbocycles. The number of imide groups is 1. The molecule has 2 aromatic heterocycles. The monoisotopic (exact) mass is 699 g/mol. The van der Waals surface area contributed by atoms with Crippen LogP contribution in [0.1, 0.15) is 52.6 Å². The van der Waals surface area contributed by atoms with E-state index in [1.54, 1.807) is 39.0 Å². The van der Waals surface area contributed by atoms with Crippen LogP contribution in [0.3, 0.4) is 0 Å². The number of hydrogen-bond donors (Lipinski definition) is 1. The van der Waals surface area contributed by atoms with Crippen molar-refractivity contribution in [1.82, 2.24) is 14.5 Å². The second-order valence-corrected chi connectivity index (χ2v) is 13.7. The van der Waals surface area contributed by atoms with E-state index >= 15 is 4.39 Å². The summed E-state index contributed by atoms with van der Waals surface area (Å²) in [5, 5.41) is 1.63. The van der Waals surface area contributed by atoms with Crippen molar-refractivity contribution in [1.29, 1.82) is 0 Å². The zero-order valence-electron chi connectivity index (χ0n) is 29.1. The standard InChI is InChI=1S/C41H34FN3O7/c1-41(2,3)52-40(48)45-29-19-31(51-21-22-11-7-6-8-12-22)27(42)18-26(29)33-35-34(32-25-13-9-10-14-28(25)43-36(32)37(33)45)38(46)44(39(35)47)20-23-15-16-24(49-4)17-30(23)50-5/h6-19,43H,20-21H2,1-5H3. The highest BCUT2D eigenvalue weighted by molar-refractivity contribution is 6.40. The molecule has 5 aromatic carbocycles. The first-order chi connectivity index (χ1) is 25.0.